The summed E-state index contributed by atoms with van der Waals surface area (Å²) in [5.41, 5.74) is 3.20. The van der Waals surface area contributed by atoms with Crippen LogP contribution in [0.5, 0.6) is 0 Å². The Hall–Kier alpha value is -2.34. The maximum atomic E-state index is 12.2. The number of anilines is 1. The van der Waals surface area contributed by atoms with Gasteiger partial charge in [0.05, 0.1) is 13.7 Å². The highest BCUT2D eigenvalue weighted by molar-refractivity contribution is 7.15. The molecule has 5 nitrogen and oxygen atoms in total. The maximum Gasteiger partial charge on any atom is 0.412 e. The third-order valence-electron chi connectivity index (χ3n) is 3.51. The maximum absolute atomic E-state index is 12.2. The first-order valence-corrected chi connectivity index (χ1v) is 8.71. The Kier molecular flexibility index (Phi) is 6.37. The number of esters is 1. The minimum absolute atomic E-state index is 0.329. The standard InChI is InChI=1S/C18H21NO4S/c1-4-10-23-18(21)19-16-15(17(20)22-3)14(11-24-16)13-8-6-12(5-2)7-9-13/h6-9,11H,4-5,10H2,1-3H3,(H,19,21). The van der Waals surface area contributed by atoms with Crippen LogP contribution in [0.1, 0.15) is 36.2 Å². The zero-order chi connectivity index (χ0) is 17.5. The summed E-state index contributed by atoms with van der Waals surface area (Å²) >= 11 is 1.27. The van der Waals surface area contributed by atoms with Gasteiger partial charge in [-0.3, -0.25) is 5.32 Å². The molecular formula is C18H21NO4S. The Balaban J connectivity index is 2.34. The van der Waals surface area contributed by atoms with Crippen molar-refractivity contribution >= 4 is 28.4 Å². The molecule has 1 heterocycles. The third-order valence-corrected chi connectivity index (χ3v) is 4.40. The van der Waals surface area contributed by atoms with Crippen LogP contribution in [0.2, 0.25) is 0 Å². The van der Waals surface area contributed by atoms with Gasteiger partial charge in [-0.2, -0.15) is 0 Å². The highest BCUT2D eigenvalue weighted by Crippen LogP contribution is 2.36. The van der Waals surface area contributed by atoms with Crippen LogP contribution >= 0.6 is 11.3 Å². The molecule has 0 saturated heterocycles. The SMILES string of the molecule is CCCOC(=O)Nc1scc(-c2ccc(CC)cc2)c1C(=O)OC. The van der Waals surface area contributed by atoms with Gasteiger partial charge in [-0.15, -0.1) is 11.3 Å². The molecule has 0 unspecified atom stereocenters. The summed E-state index contributed by atoms with van der Waals surface area (Å²) in [6.07, 6.45) is 1.11. The lowest BCUT2D eigenvalue weighted by atomic mass is 10.0. The van der Waals surface area contributed by atoms with Gasteiger partial charge in [0.15, 0.2) is 0 Å². The first-order valence-electron chi connectivity index (χ1n) is 7.83. The minimum atomic E-state index is -0.572. The third kappa shape index (κ3) is 4.14. The quantitative estimate of drug-likeness (QED) is 0.768. The minimum Gasteiger partial charge on any atom is -0.465 e. The average Bonchev–Trinajstić information content (AvgIpc) is 3.02. The molecule has 24 heavy (non-hydrogen) atoms. The van der Waals surface area contributed by atoms with Crippen LogP contribution in [0, 0.1) is 0 Å². The van der Waals surface area contributed by atoms with E-state index in [9.17, 15) is 9.59 Å². The van der Waals surface area contributed by atoms with Gasteiger partial charge in [0.1, 0.15) is 10.6 Å². The first-order chi connectivity index (χ1) is 11.6. The van der Waals surface area contributed by atoms with E-state index in [1.807, 2.05) is 36.6 Å². The molecule has 0 aliphatic carbocycles. The van der Waals surface area contributed by atoms with Crippen molar-refractivity contribution in [1.29, 1.82) is 0 Å². The summed E-state index contributed by atoms with van der Waals surface area (Å²) in [6, 6.07) is 7.98. The van der Waals surface area contributed by atoms with E-state index < -0.39 is 12.1 Å². The monoisotopic (exact) mass is 347 g/mol. The average molecular weight is 347 g/mol. The van der Waals surface area contributed by atoms with Crippen molar-refractivity contribution in [3.8, 4) is 11.1 Å². The Morgan fingerprint density at radius 2 is 1.88 bits per heavy atom. The van der Waals surface area contributed by atoms with Crippen molar-refractivity contribution in [3.63, 3.8) is 0 Å². The predicted molar refractivity (Wildman–Crippen MR) is 95.7 cm³/mol. The number of amides is 1. The molecule has 0 fully saturated rings. The number of aryl methyl sites for hydroxylation is 1. The molecule has 0 bridgehead atoms. The molecule has 0 radical (unpaired) electrons. The molecule has 0 saturated carbocycles. The Morgan fingerprint density at radius 1 is 1.17 bits per heavy atom. The van der Waals surface area contributed by atoms with Crippen LogP contribution in [0.15, 0.2) is 29.6 Å². The lowest BCUT2D eigenvalue weighted by Gasteiger charge is -2.08. The van der Waals surface area contributed by atoms with Crippen molar-refractivity contribution in [2.24, 2.45) is 0 Å². The fourth-order valence-electron chi connectivity index (χ4n) is 2.21. The number of hydrogen-bond donors (Lipinski definition) is 1. The molecule has 0 atom stereocenters. The largest absolute Gasteiger partial charge is 0.465 e. The summed E-state index contributed by atoms with van der Waals surface area (Å²) in [6.45, 7) is 4.33. The molecular weight excluding hydrogens is 326 g/mol. The van der Waals surface area contributed by atoms with Gasteiger partial charge in [-0.05, 0) is 24.0 Å². The number of rotatable bonds is 6. The van der Waals surface area contributed by atoms with E-state index >= 15 is 0 Å². The summed E-state index contributed by atoms with van der Waals surface area (Å²) in [5.74, 6) is -0.489. The van der Waals surface area contributed by atoms with Crippen LogP contribution < -0.4 is 5.32 Å². The van der Waals surface area contributed by atoms with Gasteiger partial charge >= 0.3 is 12.1 Å². The van der Waals surface area contributed by atoms with E-state index in [-0.39, 0.29) is 0 Å². The van der Waals surface area contributed by atoms with Gasteiger partial charge in [0.25, 0.3) is 0 Å². The van der Waals surface area contributed by atoms with Gasteiger partial charge in [0.2, 0.25) is 0 Å². The summed E-state index contributed by atoms with van der Waals surface area (Å²) in [7, 11) is 1.32. The second-order valence-corrected chi connectivity index (χ2v) is 6.04. The normalized spacial score (nSPS) is 10.3. The molecule has 0 aliphatic heterocycles. The summed E-state index contributed by atoms with van der Waals surface area (Å²) in [5, 5.41) is 4.89. The highest BCUT2D eigenvalue weighted by atomic mass is 32.1. The van der Waals surface area contributed by atoms with Crippen LogP contribution in [0.4, 0.5) is 9.80 Å². The number of benzene rings is 1. The summed E-state index contributed by atoms with van der Waals surface area (Å²) in [4.78, 5) is 24.0. The number of methoxy groups -OCH3 is 1. The molecule has 128 valence electrons. The molecule has 2 rings (SSSR count). The fraction of sp³-hybridized carbons (Fsp3) is 0.333. The number of hydrogen-bond acceptors (Lipinski definition) is 5. The Bertz CT molecular complexity index is 706. The number of nitrogens with one attached hydrogen (secondary N) is 1. The fourth-order valence-corrected chi connectivity index (χ4v) is 3.15. The predicted octanol–water partition coefficient (Wildman–Crippen LogP) is 4.72. The van der Waals surface area contributed by atoms with Crippen molar-refractivity contribution in [2.75, 3.05) is 19.0 Å². The molecule has 1 aromatic heterocycles. The Labute approximate surface area is 145 Å². The smallest absolute Gasteiger partial charge is 0.412 e. The molecule has 1 N–H and O–H groups in total. The number of carbonyl (C=O) groups is 2. The highest BCUT2D eigenvalue weighted by Gasteiger charge is 2.22. The molecule has 1 amide bonds. The van der Waals surface area contributed by atoms with E-state index in [0.29, 0.717) is 17.2 Å². The molecule has 0 spiro atoms. The lowest BCUT2D eigenvalue weighted by Crippen LogP contribution is -2.15. The molecule has 0 aliphatic rings. The lowest BCUT2D eigenvalue weighted by molar-refractivity contribution is 0.0603. The van der Waals surface area contributed by atoms with Crippen molar-refractivity contribution in [2.45, 2.75) is 26.7 Å². The molecule has 2 aromatic rings. The van der Waals surface area contributed by atoms with E-state index in [1.165, 1.54) is 24.0 Å². The zero-order valence-electron chi connectivity index (χ0n) is 14.0. The molecule has 6 heteroatoms. The molecule has 1 aromatic carbocycles. The Morgan fingerprint density at radius 3 is 2.46 bits per heavy atom. The zero-order valence-corrected chi connectivity index (χ0v) is 14.9. The van der Waals surface area contributed by atoms with Crippen LogP contribution in [0.3, 0.4) is 0 Å². The first kappa shape index (κ1) is 18.0. The van der Waals surface area contributed by atoms with Crippen molar-refractivity contribution < 1.29 is 19.1 Å². The van der Waals surface area contributed by atoms with Gasteiger partial charge in [-0.1, -0.05) is 38.1 Å². The van der Waals surface area contributed by atoms with E-state index in [1.54, 1.807) is 0 Å². The van der Waals surface area contributed by atoms with Crippen molar-refractivity contribution in [1.82, 2.24) is 0 Å². The van der Waals surface area contributed by atoms with Gasteiger partial charge in [0, 0.05) is 10.9 Å². The van der Waals surface area contributed by atoms with Gasteiger partial charge < -0.3 is 9.47 Å². The second kappa shape index (κ2) is 8.49. The van der Waals surface area contributed by atoms with Crippen LogP contribution in [0.25, 0.3) is 11.1 Å². The summed E-state index contributed by atoms with van der Waals surface area (Å²) < 4.78 is 9.89. The van der Waals surface area contributed by atoms with Crippen LogP contribution in [-0.4, -0.2) is 25.8 Å². The van der Waals surface area contributed by atoms with Gasteiger partial charge in [-0.25, -0.2) is 9.59 Å². The number of carbonyl (C=O) groups excluding carboxylic acids is 2. The van der Waals surface area contributed by atoms with E-state index in [0.717, 1.165) is 24.0 Å². The van der Waals surface area contributed by atoms with Crippen molar-refractivity contribution in [3.05, 3.63) is 40.8 Å². The van der Waals surface area contributed by atoms with Crippen LogP contribution in [-0.2, 0) is 15.9 Å². The van der Waals surface area contributed by atoms with E-state index in [2.05, 4.69) is 12.2 Å². The van der Waals surface area contributed by atoms with E-state index in [4.69, 9.17) is 9.47 Å². The number of ether oxygens (including phenoxy) is 2. The second-order valence-electron chi connectivity index (χ2n) is 5.16. The number of thiophene rings is 1. The topological polar surface area (TPSA) is 64.6 Å².